The molecule has 0 aliphatic carbocycles. The van der Waals surface area contributed by atoms with Gasteiger partial charge in [-0.05, 0) is 26.7 Å². The summed E-state index contributed by atoms with van der Waals surface area (Å²) in [7, 11) is -3.52. The van der Waals surface area contributed by atoms with Crippen molar-refractivity contribution in [3.8, 4) is 6.07 Å². The van der Waals surface area contributed by atoms with Crippen LogP contribution in [0.3, 0.4) is 0 Å². The molecule has 1 N–H and O–H groups in total. The molecule has 0 aromatic rings. The van der Waals surface area contributed by atoms with Crippen LogP contribution in [0.5, 0.6) is 0 Å². The van der Waals surface area contributed by atoms with E-state index in [2.05, 4.69) is 4.72 Å². The SMILES string of the molecule is CC(C)CN(CCC#N)S(=O)(=O)NC(C)(C)C. The van der Waals surface area contributed by atoms with E-state index in [4.69, 9.17) is 5.26 Å². The van der Waals surface area contributed by atoms with E-state index >= 15 is 0 Å². The molecule has 0 aliphatic heterocycles. The van der Waals surface area contributed by atoms with Crippen molar-refractivity contribution < 1.29 is 8.42 Å². The van der Waals surface area contributed by atoms with E-state index in [0.717, 1.165) is 0 Å². The van der Waals surface area contributed by atoms with Crippen LogP contribution in [0, 0.1) is 17.2 Å². The van der Waals surface area contributed by atoms with Crippen LogP contribution in [0.15, 0.2) is 0 Å². The van der Waals surface area contributed by atoms with E-state index < -0.39 is 15.7 Å². The summed E-state index contributed by atoms with van der Waals surface area (Å²) in [6, 6.07) is 1.97. The number of hydrogen-bond donors (Lipinski definition) is 1. The molecule has 0 spiro atoms. The van der Waals surface area contributed by atoms with Gasteiger partial charge in [-0.2, -0.15) is 22.7 Å². The molecular weight excluding hydrogens is 238 g/mol. The molecule has 17 heavy (non-hydrogen) atoms. The first kappa shape index (κ1) is 16.4. The van der Waals surface area contributed by atoms with Crippen molar-refractivity contribution in [1.82, 2.24) is 9.03 Å². The fourth-order valence-corrected chi connectivity index (χ4v) is 3.07. The zero-order valence-electron chi connectivity index (χ0n) is 11.3. The second kappa shape index (κ2) is 6.34. The lowest BCUT2D eigenvalue weighted by atomic mass is 10.1. The molecule has 0 fully saturated rings. The quantitative estimate of drug-likeness (QED) is 0.787. The van der Waals surface area contributed by atoms with Gasteiger partial charge in [0.25, 0.3) is 10.2 Å². The van der Waals surface area contributed by atoms with Gasteiger partial charge in [0.15, 0.2) is 0 Å². The maximum Gasteiger partial charge on any atom is 0.279 e. The van der Waals surface area contributed by atoms with Gasteiger partial charge in [-0.25, -0.2) is 0 Å². The Labute approximate surface area is 105 Å². The molecule has 0 aliphatic rings. The van der Waals surface area contributed by atoms with Gasteiger partial charge in [0, 0.05) is 25.0 Å². The van der Waals surface area contributed by atoms with E-state index in [0.29, 0.717) is 6.54 Å². The lowest BCUT2D eigenvalue weighted by Gasteiger charge is -2.28. The van der Waals surface area contributed by atoms with Gasteiger partial charge in [0.1, 0.15) is 0 Å². The van der Waals surface area contributed by atoms with Gasteiger partial charge in [-0.3, -0.25) is 0 Å². The molecule has 0 saturated carbocycles. The van der Waals surface area contributed by atoms with Crippen LogP contribution in [-0.4, -0.2) is 31.4 Å². The Morgan fingerprint density at radius 1 is 1.35 bits per heavy atom. The highest BCUT2D eigenvalue weighted by atomic mass is 32.2. The Morgan fingerprint density at radius 2 is 1.88 bits per heavy atom. The predicted octanol–water partition coefficient (Wildman–Crippen LogP) is 1.49. The first-order valence-corrected chi connectivity index (χ1v) is 7.18. The van der Waals surface area contributed by atoms with Crippen molar-refractivity contribution in [2.45, 2.75) is 46.6 Å². The Morgan fingerprint density at radius 3 is 2.24 bits per heavy atom. The zero-order valence-corrected chi connectivity index (χ0v) is 12.1. The highest BCUT2D eigenvalue weighted by Crippen LogP contribution is 2.09. The predicted molar refractivity (Wildman–Crippen MR) is 68.4 cm³/mol. The van der Waals surface area contributed by atoms with Gasteiger partial charge in [0.05, 0.1) is 6.07 Å². The van der Waals surface area contributed by atoms with Crippen LogP contribution in [-0.2, 0) is 10.2 Å². The van der Waals surface area contributed by atoms with Crippen LogP contribution in [0.1, 0.15) is 41.0 Å². The highest BCUT2D eigenvalue weighted by Gasteiger charge is 2.27. The molecule has 5 nitrogen and oxygen atoms in total. The van der Waals surface area contributed by atoms with Gasteiger partial charge in [-0.1, -0.05) is 13.8 Å². The first-order valence-electron chi connectivity index (χ1n) is 5.74. The van der Waals surface area contributed by atoms with E-state index in [-0.39, 0.29) is 18.9 Å². The molecule has 0 aromatic carbocycles. The summed E-state index contributed by atoms with van der Waals surface area (Å²) in [4.78, 5) is 0. The average molecular weight is 261 g/mol. The van der Waals surface area contributed by atoms with E-state index in [9.17, 15) is 8.42 Å². The summed E-state index contributed by atoms with van der Waals surface area (Å²) >= 11 is 0. The third-order valence-corrected chi connectivity index (χ3v) is 3.70. The van der Waals surface area contributed by atoms with E-state index in [1.54, 1.807) is 20.8 Å². The summed E-state index contributed by atoms with van der Waals surface area (Å²) in [5, 5.41) is 8.56. The van der Waals surface area contributed by atoms with Crippen molar-refractivity contribution in [2.75, 3.05) is 13.1 Å². The Hall–Kier alpha value is -0.640. The molecule has 0 unspecified atom stereocenters. The molecule has 0 saturated heterocycles. The lowest BCUT2D eigenvalue weighted by Crippen LogP contribution is -2.50. The number of hydrogen-bond acceptors (Lipinski definition) is 3. The second-order valence-electron chi connectivity index (χ2n) is 5.52. The molecule has 0 atom stereocenters. The first-order chi connectivity index (χ1) is 7.58. The lowest BCUT2D eigenvalue weighted by molar-refractivity contribution is 0.355. The second-order valence-corrected chi connectivity index (χ2v) is 7.19. The van der Waals surface area contributed by atoms with Gasteiger partial charge in [0.2, 0.25) is 0 Å². The molecular formula is C11H23N3O2S. The molecule has 6 heteroatoms. The minimum Gasteiger partial charge on any atom is -0.198 e. The number of nitrogens with one attached hydrogen (secondary N) is 1. The van der Waals surface area contributed by atoms with Crippen molar-refractivity contribution in [3.05, 3.63) is 0 Å². The number of nitriles is 1. The van der Waals surface area contributed by atoms with E-state index in [1.165, 1.54) is 4.31 Å². The van der Waals surface area contributed by atoms with Gasteiger partial charge >= 0.3 is 0 Å². The maximum atomic E-state index is 12.1. The molecule has 100 valence electrons. The van der Waals surface area contributed by atoms with Crippen LogP contribution in [0.4, 0.5) is 0 Å². The van der Waals surface area contributed by atoms with Crippen LogP contribution in [0.2, 0.25) is 0 Å². The summed E-state index contributed by atoms with van der Waals surface area (Å²) in [6.07, 6.45) is 0.206. The van der Waals surface area contributed by atoms with Crippen molar-refractivity contribution >= 4 is 10.2 Å². The van der Waals surface area contributed by atoms with Crippen molar-refractivity contribution in [1.29, 1.82) is 5.26 Å². The van der Waals surface area contributed by atoms with E-state index in [1.807, 2.05) is 19.9 Å². The van der Waals surface area contributed by atoms with Crippen molar-refractivity contribution in [3.63, 3.8) is 0 Å². The Balaban J connectivity index is 4.83. The summed E-state index contributed by atoms with van der Waals surface area (Å²) in [5.41, 5.74) is -0.513. The molecule has 0 rings (SSSR count). The van der Waals surface area contributed by atoms with Crippen LogP contribution in [0.25, 0.3) is 0 Å². The molecule has 0 bridgehead atoms. The topological polar surface area (TPSA) is 73.2 Å². The summed E-state index contributed by atoms with van der Waals surface area (Å²) in [5.74, 6) is 0.227. The summed E-state index contributed by atoms with van der Waals surface area (Å²) < 4.78 is 28.1. The standard InChI is InChI=1S/C11H23N3O2S/c1-10(2)9-14(8-6-7-12)17(15,16)13-11(3,4)5/h10,13H,6,8-9H2,1-5H3. The summed E-state index contributed by atoms with van der Waals surface area (Å²) in [6.45, 7) is 9.94. The monoisotopic (exact) mass is 261 g/mol. The third-order valence-electron chi connectivity index (χ3n) is 1.82. The minimum absolute atomic E-state index is 0.206. The van der Waals surface area contributed by atoms with Gasteiger partial charge in [-0.15, -0.1) is 0 Å². The average Bonchev–Trinajstić information content (AvgIpc) is 2.07. The van der Waals surface area contributed by atoms with Crippen LogP contribution < -0.4 is 4.72 Å². The fraction of sp³-hybridized carbons (Fsp3) is 0.909. The fourth-order valence-electron chi connectivity index (χ4n) is 1.34. The molecule has 0 heterocycles. The number of rotatable bonds is 6. The largest absolute Gasteiger partial charge is 0.279 e. The zero-order chi connectivity index (χ0) is 13.7. The number of nitrogens with zero attached hydrogens (tertiary/aromatic N) is 2. The van der Waals surface area contributed by atoms with Crippen LogP contribution >= 0.6 is 0 Å². The Kier molecular flexibility index (Phi) is 6.10. The maximum absolute atomic E-state index is 12.1. The highest BCUT2D eigenvalue weighted by molar-refractivity contribution is 7.87. The third kappa shape index (κ3) is 7.31. The Bertz CT molecular complexity index is 363. The molecule has 0 radical (unpaired) electrons. The molecule has 0 aromatic heterocycles. The van der Waals surface area contributed by atoms with Crippen molar-refractivity contribution in [2.24, 2.45) is 5.92 Å². The minimum atomic E-state index is -3.52. The molecule has 0 amide bonds. The smallest absolute Gasteiger partial charge is 0.198 e. The normalized spacial score (nSPS) is 13.1. The van der Waals surface area contributed by atoms with Gasteiger partial charge < -0.3 is 0 Å².